The van der Waals surface area contributed by atoms with E-state index in [1.807, 2.05) is 0 Å². The molecule has 0 spiro atoms. The van der Waals surface area contributed by atoms with Crippen LogP contribution in [0.2, 0.25) is 0 Å². The van der Waals surface area contributed by atoms with Crippen molar-refractivity contribution in [3.63, 3.8) is 0 Å². The van der Waals surface area contributed by atoms with E-state index in [2.05, 4.69) is 46.5 Å². The number of nitrogens with zero attached hydrogens (tertiary/aromatic N) is 3. The molecule has 2 atom stereocenters. The first kappa shape index (κ1) is 18.2. The maximum absolute atomic E-state index is 5.21. The van der Waals surface area contributed by atoms with Crippen molar-refractivity contribution in [1.82, 2.24) is 20.8 Å². The molecule has 2 N–H and O–H groups in total. The Kier molecular flexibility index (Phi) is 7.41. The van der Waals surface area contributed by atoms with E-state index in [9.17, 15) is 0 Å². The Morgan fingerprint density at radius 1 is 1.48 bits per heavy atom. The van der Waals surface area contributed by atoms with Gasteiger partial charge in [0.25, 0.3) is 0 Å². The van der Waals surface area contributed by atoms with Crippen LogP contribution < -0.4 is 10.6 Å². The highest BCUT2D eigenvalue weighted by molar-refractivity contribution is 14.0. The smallest absolute Gasteiger partial charge is 0.226 e. The van der Waals surface area contributed by atoms with Gasteiger partial charge < -0.3 is 15.2 Å². The van der Waals surface area contributed by atoms with Gasteiger partial charge in [-0.05, 0) is 18.8 Å². The molecule has 7 heteroatoms. The van der Waals surface area contributed by atoms with E-state index >= 15 is 0 Å². The standard InChI is InChI=1S/C14H25N5O.HI/c1-9(2)13-18-12(20-19-13)6-5-7-16-14(15-4)17-11-8-10(11)3;/h9-11H,5-8H2,1-4H3,(H2,15,16,17);1H. The molecule has 120 valence electrons. The van der Waals surface area contributed by atoms with Crippen LogP contribution in [0.3, 0.4) is 0 Å². The molecule has 1 heterocycles. The van der Waals surface area contributed by atoms with Crippen molar-refractivity contribution in [1.29, 1.82) is 0 Å². The zero-order valence-corrected chi connectivity index (χ0v) is 15.5. The summed E-state index contributed by atoms with van der Waals surface area (Å²) in [7, 11) is 1.80. The van der Waals surface area contributed by atoms with Crippen molar-refractivity contribution in [2.75, 3.05) is 13.6 Å². The van der Waals surface area contributed by atoms with Gasteiger partial charge in [-0.25, -0.2) is 0 Å². The highest BCUT2D eigenvalue weighted by Gasteiger charge is 2.33. The Morgan fingerprint density at radius 3 is 2.71 bits per heavy atom. The number of rotatable bonds is 6. The van der Waals surface area contributed by atoms with Gasteiger partial charge in [-0.3, -0.25) is 4.99 Å². The molecule has 2 rings (SSSR count). The van der Waals surface area contributed by atoms with Gasteiger partial charge >= 0.3 is 0 Å². The fourth-order valence-electron chi connectivity index (χ4n) is 1.94. The molecule has 2 unspecified atom stereocenters. The minimum absolute atomic E-state index is 0. The van der Waals surface area contributed by atoms with Crippen LogP contribution in [0, 0.1) is 5.92 Å². The molecule has 0 aromatic carbocycles. The summed E-state index contributed by atoms with van der Waals surface area (Å²) in [6, 6.07) is 0.589. The van der Waals surface area contributed by atoms with E-state index in [0.717, 1.165) is 37.1 Å². The monoisotopic (exact) mass is 407 g/mol. The van der Waals surface area contributed by atoms with Crippen LogP contribution in [0.4, 0.5) is 0 Å². The summed E-state index contributed by atoms with van der Waals surface area (Å²) in [5.74, 6) is 3.46. The number of guanidine groups is 1. The lowest BCUT2D eigenvalue weighted by Gasteiger charge is -2.10. The zero-order valence-electron chi connectivity index (χ0n) is 13.2. The predicted molar refractivity (Wildman–Crippen MR) is 94.2 cm³/mol. The van der Waals surface area contributed by atoms with Crippen molar-refractivity contribution in [3.05, 3.63) is 11.7 Å². The molecular weight excluding hydrogens is 381 g/mol. The first-order chi connectivity index (χ1) is 9.60. The molecule has 0 saturated heterocycles. The summed E-state index contributed by atoms with van der Waals surface area (Å²) in [4.78, 5) is 8.58. The maximum atomic E-state index is 5.21. The second-order valence-corrected chi connectivity index (χ2v) is 5.77. The normalized spacial score (nSPS) is 21.1. The molecule has 0 aliphatic heterocycles. The molecule has 1 aromatic rings. The van der Waals surface area contributed by atoms with Gasteiger partial charge in [0.2, 0.25) is 5.89 Å². The van der Waals surface area contributed by atoms with Crippen LogP contribution in [-0.4, -0.2) is 35.7 Å². The van der Waals surface area contributed by atoms with Crippen LogP contribution in [0.25, 0.3) is 0 Å². The fourth-order valence-corrected chi connectivity index (χ4v) is 1.94. The minimum atomic E-state index is 0. The quantitative estimate of drug-likeness (QED) is 0.328. The number of aryl methyl sites for hydroxylation is 1. The van der Waals surface area contributed by atoms with E-state index in [-0.39, 0.29) is 24.0 Å². The summed E-state index contributed by atoms with van der Waals surface area (Å²) >= 11 is 0. The number of aromatic nitrogens is 2. The van der Waals surface area contributed by atoms with Gasteiger partial charge in [-0.15, -0.1) is 24.0 Å². The lowest BCUT2D eigenvalue weighted by molar-refractivity contribution is 0.368. The summed E-state index contributed by atoms with van der Waals surface area (Å²) in [5, 5.41) is 10.7. The molecule has 21 heavy (non-hydrogen) atoms. The van der Waals surface area contributed by atoms with E-state index in [1.165, 1.54) is 6.42 Å². The fraction of sp³-hybridized carbons (Fsp3) is 0.786. The summed E-state index contributed by atoms with van der Waals surface area (Å²) in [6.45, 7) is 7.21. The second-order valence-electron chi connectivity index (χ2n) is 5.77. The Labute approximate surface area is 143 Å². The Morgan fingerprint density at radius 2 is 2.19 bits per heavy atom. The van der Waals surface area contributed by atoms with E-state index in [1.54, 1.807) is 7.05 Å². The van der Waals surface area contributed by atoms with E-state index < -0.39 is 0 Å². The Hall–Kier alpha value is -0.860. The van der Waals surface area contributed by atoms with Crippen LogP contribution in [0.1, 0.15) is 51.2 Å². The SMILES string of the molecule is CN=C(NCCCc1nc(C(C)C)no1)NC1CC1C.I. The summed E-state index contributed by atoms with van der Waals surface area (Å²) in [6.07, 6.45) is 2.98. The first-order valence-corrected chi connectivity index (χ1v) is 7.39. The molecule has 0 radical (unpaired) electrons. The predicted octanol–water partition coefficient (Wildman–Crippen LogP) is 2.32. The Bertz CT molecular complexity index is 460. The minimum Gasteiger partial charge on any atom is -0.356 e. The van der Waals surface area contributed by atoms with Crippen LogP contribution >= 0.6 is 24.0 Å². The molecule has 1 saturated carbocycles. The lowest BCUT2D eigenvalue weighted by Crippen LogP contribution is -2.39. The molecule has 1 aromatic heterocycles. The highest BCUT2D eigenvalue weighted by atomic mass is 127. The molecule has 1 aliphatic rings. The average molecular weight is 407 g/mol. The van der Waals surface area contributed by atoms with Crippen LogP contribution in [0.15, 0.2) is 9.52 Å². The zero-order chi connectivity index (χ0) is 14.5. The number of halogens is 1. The maximum Gasteiger partial charge on any atom is 0.226 e. The summed E-state index contributed by atoms with van der Waals surface area (Å²) in [5.41, 5.74) is 0. The third-order valence-corrected chi connectivity index (χ3v) is 3.52. The van der Waals surface area contributed by atoms with Crippen molar-refractivity contribution in [2.24, 2.45) is 10.9 Å². The van der Waals surface area contributed by atoms with Gasteiger partial charge in [0, 0.05) is 32.0 Å². The Balaban J connectivity index is 0.00000220. The largest absolute Gasteiger partial charge is 0.356 e. The highest BCUT2D eigenvalue weighted by Crippen LogP contribution is 2.28. The molecular formula is C14H26IN5O. The van der Waals surface area contributed by atoms with Crippen molar-refractivity contribution in [3.8, 4) is 0 Å². The third-order valence-electron chi connectivity index (χ3n) is 3.52. The summed E-state index contributed by atoms with van der Waals surface area (Å²) < 4.78 is 5.21. The molecule has 6 nitrogen and oxygen atoms in total. The van der Waals surface area contributed by atoms with Gasteiger partial charge in [-0.1, -0.05) is 25.9 Å². The van der Waals surface area contributed by atoms with Gasteiger partial charge in [-0.2, -0.15) is 4.98 Å². The van der Waals surface area contributed by atoms with Crippen molar-refractivity contribution < 1.29 is 4.52 Å². The van der Waals surface area contributed by atoms with Crippen LogP contribution in [0.5, 0.6) is 0 Å². The van der Waals surface area contributed by atoms with Crippen molar-refractivity contribution in [2.45, 2.75) is 52.0 Å². The van der Waals surface area contributed by atoms with Crippen molar-refractivity contribution >= 4 is 29.9 Å². The molecule has 0 bridgehead atoms. The van der Waals surface area contributed by atoms with Gasteiger partial charge in [0.15, 0.2) is 11.8 Å². The number of nitrogens with one attached hydrogen (secondary N) is 2. The number of hydrogen-bond donors (Lipinski definition) is 2. The second kappa shape index (κ2) is 8.55. The molecule has 1 aliphatic carbocycles. The molecule has 0 amide bonds. The van der Waals surface area contributed by atoms with Gasteiger partial charge in [0.05, 0.1) is 0 Å². The molecule has 1 fully saturated rings. The van der Waals surface area contributed by atoms with E-state index in [0.29, 0.717) is 17.9 Å². The van der Waals surface area contributed by atoms with Gasteiger partial charge in [0.1, 0.15) is 0 Å². The van der Waals surface area contributed by atoms with Crippen LogP contribution in [-0.2, 0) is 6.42 Å². The third kappa shape index (κ3) is 5.80. The lowest BCUT2D eigenvalue weighted by atomic mass is 10.2. The topological polar surface area (TPSA) is 75.3 Å². The number of hydrogen-bond acceptors (Lipinski definition) is 4. The average Bonchev–Trinajstić information content (AvgIpc) is 2.92. The number of aliphatic imine (C=N–C) groups is 1. The first-order valence-electron chi connectivity index (χ1n) is 7.39. The van der Waals surface area contributed by atoms with E-state index in [4.69, 9.17) is 4.52 Å².